The van der Waals surface area contributed by atoms with Crippen LogP contribution in [0.4, 0.5) is 0 Å². The number of rotatable bonds is 5. The van der Waals surface area contributed by atoms with Gasteiger partial charge in [0.15, 0.2) is 0 Å². The van der Waals surface area contributed by atoms with Crippen LogP contribution < -0.4 is 10.6 Å². The summed E-state index contributed by atoms with van der Waals surface area (Å²) in [5, 5.41) is 7.61. The molecule has 4 heteroatoms. The highest BCUT2D eigenvalue weighted by atomic mass is 35.5. The Kier molecular flexibility index (Phi) is 4.96. The van der Waals surface area contributed by atoms with Gasteiger partial charge < -0.3 is 15.1 Å². The van der Waals surface area contributed by atoms with E-state index >= 15 is 0 Å². The summed E-state index contributed by atoms with van der Waals surface area (Å²) in [7, 11) is 0. The van der Waals surface area contributed by atoms with Gasteiger partial charge in [0.1, 0.15) is 11.5 Å². The zero-order valence-corrected chi connectivity index (χ0v) is 12.8. The van der Waals surface area contributed by atoms with Crippen LogP contribution >= 0.6 is 11.6 Å². The van der Waals surface area contributed by atoms with E-state index in [2.05, 4.69) is 10.6 Å². The second kappa shape index (κ2) is 7.12. The Hall–Kier alpha value is -1.29. The number of furan rings is 1. The van der Waals surface area contributed by atoms with Gasteiger partial charge in [0.2, 0.25) is 0 Å². The first-order valence-electron chi connectivity index (χ1n) is 7.58. The van der Waals surface area contributed by atoms with E-state index in [1.165, 1.54) is 12.8 Å². The minimum absolute atomic E-state index is 0.723. The maximum absolute atomic E-state index is 6.19. The molecule has 3 rings (SSSR count). The van der Waals surface area contributed by atoms with Crippen molar-refractivity contribution in [3.63, 3.8) is 0 Å². The summed E-state index contributed by atoms with van der Waals surface area (Å²) in [5.74, 6) is 2.57. The molecule has 112 valence electrons. The number of benzene rings is 1. The number of hydrogen-bond acceptors (Lipinski definition) is 3. The van der Waals surface area contributed by atoms with E-state index in [-0.39, 0.29) is 0 Å². The van der Waals surface area contributed by atoms with Gasteiger partial charge in [0, 0.05) is 5.56 Å². The molecule has 2 N–H and O–H groups in total. The summed E-state index contributed by atoms with van der Waals surface area (Å²) in [6.07, 6.45) is 2.52. The van der Waals surface area contributed by atoms with E-state index in [1.807, 2.05) is 36.4 Å². The molecule has 0 aliphatic carbocycles. The molecule has 0 unspecified atom stereocenters. The van der Waals surface area contributed by atoms with Crippen LogP contribution in [0.5, 0.6) is 0 Å². The zero-order valence-electron chi connectivity index (χ0n) is 12.1. The first-order chi connectivity index (χ1) is 10.3. The first kappa shape index (κ1) is 14.6. The monoisotopic (exact) mass is 304 g/mol. The lowest BCUT2D eigenvalue weighted by Crippen LogP contribution is -2.33. The molecule has 1 aliphatic rings. The molecule has 21 heavy (non-hydrogen) atoms. The van der Waals surface area contributed by atoms with Gasteiger partial charge >= 0.3 is 0 Å². The van der Waals surface area contributed by atoms with Crippen LogP contribution in [0, 0.1) is 5.92 Å². The fourth-order valence-corrected chi connectivity index (χ4v) is 2.99. The number of hydrogen-bond donors (Lipinski definition) is 2. The van der Waals surface area contributed by atoms with Crippen molar-refractivity contribution < 1.29 is 4.42 Å². The molecule has 1 aromatic carbocycles. The van der Waals surface area contributed by atoms with Crippen LogP contribution in [0.3, 0.4) is 0 Å². The van der Waals surface area contributed by atoms with E-state index in [0.29, 0.717) is 0 Å². The summed E-state index contributed by atoms with van der Waals surface area (Å²) >= 11 is 6.19. The average molecular weight is 305 g/mol. The van der Waals surface area contributed by atoms with Gasteiger partial charge in [-0.3, -0.25) is 0 Å². The standard InChI is InChI=1S/C17H21ClN2O/c18-16-4-2-1-3-15(16)17-6-5-14(21-17)12-20-11-13-7-9-19-10-8-13/h1-6,13,19-20H,7-12H2. The molecule has 0 radical (unpaired) electrons. The molecule has 2 heterocycles. The molecule has 0 amide bonds. The molecular weight excluding hydrogens is 284 g/mol. The molecule has 0 atom stereocenters. The summed E-state index contributed by atoms with van der Waals surface area (Å²) in [4.78, 5) is 0. The fraction of sp³-hybridized carbons (Fsp3) is 0.412. The lowest BCUT2D eigenvalue weighted by atomic mass is 9.98. The molecule has 3 nitrogen and oxygen atoms in total. The Balaban J connectivity index is 1.54. The van der Waals surface area contributed by atoms with Gasteiger partial charge in [0.05, 0.1) is 11.6 Å². The lowest BCUT2D eigenvalue weighted by Gasteiger charge is -2.22. The van der Waals surface area contributed by atoms with E-state index < -0.39 is 0 Å². The van der Waals surface area contributed by atoms with Gasteiger partial charge in [0.25, 0.3) is 0 Å². The predicted molar refractivity (Wildman–Crippen MR) is 86.5 cm³/mol. The van der Waals surface area contributed by atoms with Gasteiger partial charge in [-0.25, -0.2) is 0 Å². The number of halogens is 1. The van der Waals surface area contributed by atoms with Crippen molar-refractivity contribution in [1.82, 2.24) is 10.6 Å². The molecule has 2 aromatic rings. The first-order valence-corrected chi connectivity index (χ1v) is 7.96. The zero-order chi connectivity index (χ0) is 14.5. The van der Waals surface area contributed by atoms with Gasteiger partial charge in [-0.1, -0.05) is 23.7 Å². The minimum Gasteiger partial charge on any atom is -0.460 e. The van der Waals surface area contributed by atoms with Crippen LogP contribution in [0.15, 0.2) is 40.8 Å². The van der Waals surface area contributed by atoms with E-state index in [9.17, 15) is 0 Å². The largest absolute Gasteiger partial charge is 0.460 e. The molecule has 1 fully saturated rings. The van der Waals surface area contributed by atoms with Gasteiger partial charge in [-0.05, 0) is 62.7 Å². The third kappa shape index (κ3) is 3.88. The van der Waals surface area contributed by atoms with Crippen LogP contribution in [0.25, 0.3) is 11.3 Å². The van der Waals surface area contributed by atoms with Crippen molar-refractivity contribution in [3.8, 4) is 11.3 Å². The second-order valence-electron chi connectivity index (χ2n) is 5.57. The molecule has 0 bridgehead atoms. The molecule has 0 saturated carbocycles. The van der Waals surface area contributed by atoms with Crippen molar-refractivity contribution in [3.05, 3.63) is 47.2 Å². The molecule has 1 aromatic heterocycles. The quantitative estimate of drug-likeness (QED) is 0.884. The lowest BCUT2D eigenvalue weighted by molar-refractivity contribution is 0.350. The van der Waals surface area contributed by atoms with Gasteiger partial charge in [-0.2, -0.15) is 0 Å². The summed E-state index contributed by atoms with van der Waals surface area (Å²) < 4.78 is 5.88. The fourth-order valence-electron chi connectivity index (χ4n) is 2.76. The van der Waals surface area contributed by atoms with Crippen molar-refractivity contribution in [1.29, 1.82) is 0 Å². The second-order valence-corrected chi connectivity index (χ2v) is 5.98. The van der Waals surface area contributed by atoms with Crippen LogP contribution in [-0.4, -0.2) is 19.6 Å². The Morgan fingerprint density at radius 2 is 1.95 bits per heavy atom. The Morgan fingerprint density at radius 3 is 2.76 bits per heavy atom. The highest BCUT2D eigenvalue weighted by Crippen LogP contribution is 2.28. The van der Waals surface area contributed by atoms with E-state index in [1.54, 1.807) is 0 Å². The topological polar surface area (TPSA) is 37.2 Å². The van der Waals surface area contributed by atoms with Crippen LogP contribution in [-0.2, 0) is 6.54 Å². The summed E-state index contributed by atoms with van der Waals surface area (Å²) in [6.45, 7) is 4.12. The van der Waals surface area contributed by atoms with E-state index in [4.69, 9.17) is 16.0 Å². The molecule has 0 spiro atoms. The molecule has 1 saturated heterocycles. The Labute approximate surface area is 130 Å². The van der Waals surface area contributed by atoms with Crippen molar-refractivity contribution in [2.24, 2.45) is 5.92 Å². The number of piperidine rings is 1. The third-order valence-electron chi connectivity index (χ3n) is 3.99. The maximum atomic E-state index is 6.19. The average Bonchev–Trinajstić information content (AvgIpc) is 2.97. The highest BCUT2D eigenvalue weighted by molar-refractivity contribution is 6.33. The SMILES string of the molecule is Clc1ccccc1-c1ccc(CNCC2CCNCC2)o1. The molecule has 1 aliphatic heterocycles. The Morgan fingerprint density at radius 1 is 1.14 bits per heavy atom. The maximum Gasteiger partial charge on any atom is 0.135 e. The Bertz CT molecular complexity index is 576. The van der Waals surface area contributed by atoms with Crippen molar-refractivity contribution >= 4 is 11.6 Å². The van der Waals surface area contributed by atoms with Gasteiger partial charge in [-0.15, -0.1) is 0 Å². The number of nitrogens with one attached hydrogen (secondary N) is 2. The van der Waals surface area contributed by atoms with Crippen molar-refractivity contribution in [2.45, 2.75) is 19.4 Å². The predicted octanol–water partition coefficient (Wildman–Crippen LogP) is 3.69. The highest BCUT2D eigenvalue weighted by Gasteiger charge is 2.13. The molecular formula is C17H21ClN2O. The van der Waals surface area contributed by atoms with Crippen LogP contribution in [0.1, 0.15) is 18.6 Å². The summed E-state index contributed by atoms with van der Waals surface area (Å²) in [5.41, 5.74) is 0.948. The van der Waals surface area contributed by atoms with E-state index in [0.717, 1.165) is 54.2 Å². The minimum atomic E-state index is 0.723. The normalized spacial score (nSPS) is 16.2. The van der Waals surface area contributed by atoms with Crippen LogP contribution in [0.2, 0.25) is 5.02 Å². The smallest absolute Gasteiger partial charge is 0.135 e. The summed E-state index contributed by atoms with van der Waals surface area (Å²) in [6, 6.07) is 11.8. The van der Waals surface area contributed by atoms with Crippen molar-refractivity contribution in [2.75, 3.05) is 19.6 Å². The third-order valence-corrected chi connectivity index (χ3v) is 4.32.